The molecule has 0 aliphatic rings. The molecule has 0 bridgehead atoms. The summed E-state index contributed by atoms with van der Waals surface area (Å²) in [4.78, 5) is 7.28. The van der Waals surface area contributed by atoms with Gasteiger partial charge in [0.15, 0.2) is 0 Å². The fraction of sp³-hybridized carbons (Fsp3) is 0.417. The Balaban J connectivity index is 2.02. The van der Waals surface area contributed by atoms with Crippen molar-refractivity contribution in [1.29, 1.82) is 0 Å². The van der Waals surface area contributed by atoms with Crippen LogP contribution in [0.5, 0.6) is 0 Å². The molecule has 0 saturated heterocycles. The van der Waals surface area contributed by atoms with E-state index < -0.39 is 9.84 Å². The van der Waals surface area contributed by atoms with Gasteiger partial charge in [-0.1, -0.05) is 0 Å². The Kier molecular flexibility index (Phi) is 3.86. The van der Waals surface area contributed by atoms with Crippen LogP contribution in [-0.4, -0.2) is 36.4 Å². The highest BCUT2D eigenvalue weighted by molar-refractivity contribution is 7.90. The Hall–Kier alpha value is -1.47. The molecular weight excluding hydrogens is 269 g/mol. The lowest BCUT2D eigenvalue weighted by Gasteiger charge is -2.10. The normalized spacial score (nSPS) is 13.8. The summed E-state index contributed by atoms with van der Waals surface area (Å²) in [5, 5.41) is 3.06. The van der Waals surface area contributed by atoms with Crippen molar-refractivity contribution >= 4 is 20.9 Å². The maximum Gasteiger partial charge on any atom is 0.148 e. The predicted molar refractivity (Wildman–Crippen MR) is 72.1 cm³/mol. The van der Waals surface area contributed by atoms with Crippen molar-refractivity contribution in [3.05, 3.63) is 29.8 Å². The minimum absolute atomic E-state index is 0.0713. The lowest BCUT2D eigenvalue weighted by atomic mass is 10.3. The molecule has 0 saturated carbocycles. The smallest absolute Gasteiger partial charge is 0.148 e. The lowest BCUT2D eigenvalue weighted by Crippen LogP contribution is -2.32. The van der Waals surface area contributed by atoms with Crippen LogP contribution < -0.4 is 5.32 Å². The van der Waals surface area contributed by atoms with Crippen LogP contribution in [0.25, 0.3) is 11.0 Å². The number of imidazole rings is 1. The van der Waals surface area contributed by atoms with Crippen molar-refractivity contribution in [2.75, 3.05) is 12.0 Å². The highest BCUT2D eigenvalue weighted by Crippen LogP contribution is 2.12. The molecule has 2 rings (SSSR count). The van der Waals surface area contributed by atoms with E-state index in [-0.39, 0.29) is 17.6 Å². The molecule has 7 heteroatoms. The van der Waals surface area contributed by atoms with E-state index >= 15 is 0 Å². The van der Waals surface area contributed by atoms with Gasteiger partial charge < -0.3 is 10.3 Å². The Labute approximate surface area is 111 Å². The molecule has 5 nitrogen and oxygen atoms in total. The number of benzene rings is 1. The molecule has 19 heavy (non-hydrogen) atoms. The second-order valence-electron chi connectivity index (χ2n) is 4.72. The average molecular weight is 285 g/mol. The minimum Gasteiger partial charge on any atom is -0.341 e. The number of halogens is 1. The molecule has 1 aromatic carbocycles. The first-order valence-corrected chi connectivity index (χ1v) is 7.95. The number of hydrogen-bond donors (Lipinski definition) is 2. The summed E-state index contributed by atoms with van der Waals surface area (Å²) >= 11 is 0. The summed E-state index contributed by atoms with van der Waals surface area (Å²) in [7, 11) is -3.00. The van der Waals surface area contributed by atoms with E-state index in [0.717, 1.165) is 0 Å². The third-order valence-corrected chi connectivity index (χ3v) is 3.77. The standard InChI is InChI=1S/C12H16FN3O2S/c1-8(7-19(2,17)18)14-6-12-15-10-4-3-9(13)5-11(10)16-12/h3-5,8,14H,6-7H2,1-2H3,(H,15,16). The molecule has 0 radical (unpaired) electrons. The summed E-state index contributed by atoms with van der Waals surface area (Å²) in [6.07, 6.45) is 1.20. The molecule has 2 aromatic rings. The second kappa shape index (κ2) is 5.26. The van der Waals surface area contributed by atoms with Gasteiger partial charge in [0.05, 0.1) is 23.3 Å². The molecule has 0 aliphatic carbocycles. The molecule has 0 spiro atoms. The van der Waals surface area contributed by atoms with Crippen LogP contribution in [0.4, 0.5) is 4.39 Å². The van der Waals surface area contributed by atoms with Crippen LogP contribution in [0.1, 0.15) is 12.7 Å². The molecule has 0 aliphatic heterocycles. The van der Waals surface area contributed by atoms with Gasteiger partial charge in [-0.05, 0) is 25.1 Å². The maximum atomic E-state index is 13.0. The van der Waals surface area contributed by atoms with E-state index in [2.05, 4.69) is 15.3 Å². The maximum absolute atomic E-state index is 13.0. The van der Waals surface area contributed by atoms with Crippen LogP contribution in [0, 0.1) is 5.82 Å². The Morgan fingerprint density at radius 3 is 2.89 bits per heavy atom. The second-order valence-corrected chi connectivity index (χ2v) is 6.90. The van der Waals surface area contributed by atoms with Gasteiger partial charge in [0.25, 0.3) is 0 Å². The third kappa shape index (κ3) is 4.00. The number of H-pyrrole nitrogens is 1. The summed E-state index contributed by atoms with van der Waals surface area (Å²) in [6.45, 7) is 2.20. The zero-order valence-corrected chi connectivity index (χ0v) is 11.6. The van der Waals surface area contributed by atoms with E-state index in [1.54, 1.807) is 13.0 Å². The predicted octanol–water partition coefficient (Wildman–Crippen LogP) is 1.22. The van der Waals surface area contributed by atoms with Crippen LogP contribution in [0.15, 0.2) is 18.2 Å². The first-order chi connectivity index (χ1) is 8.83. The van der Waals surface area contributed by atoms with E-state index in [1.165, 1.54) is 18.4 Å². The van der Waals surface area contributed by atoms with Crippen molar-refractivity contribution in [2.24, 2.45) is 0 Å². The Morgan fingerprint density at radius 1 is 1.47 bits per heavy atom. The van der Waals surface area contributed by atoms with Crippen molar-refractivity contribution in [3.63, 3.8) is 0 Å². The van der Waals surface area contributed by atoms with Crippen molar-refractivity contribution in [2.45, 2.75) is 19.5 Å². The monoisotopic (exact) mass is 285 g/mol. The van der Waals surface area contributed by atoms with Crippen LogP contribution >= 0.6 is 0 Å². The van der Waals surface area contributed by atoms with E-state index in [1.807, 2.05) is 0 Å². The van der Waals surface area contributed by atoms with Gasteiger partial charge in [-0.25, -0.2) is 17.8 Å². The van der Waals surface area contributed by atoms with Gasteiger partial charge in [0, 0.05) is 12.3 Å². The van der Waals surface area contributed by atoms with E-state index in [0.29, 0.717) is 23.4 Å². The lowest BCUT2D eigenvalue weighted by molar-refractivity contribution is 0.553. The summed E-state index contributed by atoms with van der Waals surface area (Å²) in [5.41, 5.74) is 1.32. The number of fused-ring (bicyclic) bond motifs is 1. The van der Waals surface area contributed by atoms with Crippen molar-refractivity contribution < 1.29 is 12.8 Å². The highest BCUT2D eigenvalue weighted by atomic mass is 32.2. The average Bonchev–Trinajstić information content (AvgIpc) is 2.66. The molecule has 1 atom stereocenters. The van der Waals surface area contributed by atoms with Gasteiger partial charge in [-0.3, -0.25) is 0 Å². The highest BCUT2D eigenvalue weighted by Gasteiger charge is 2.11. The zero-order chi connectivity index (χ0) is 14.0. The van der Waals surface area contributed by atoms with Crippen LogP contribution in [-0.2, 0) is 16.4 Å². The van der Waals surface area contributed by atoms with Crippen molar-refractivity contribution in [1.82, 2.24) is 15.3 Å². The quantitative estimate of drug-likeness (QED) is 0.866. The molecule has 1 aromatic heterocycles. The minimum atomic E-state index is -3.00. The van der Waals surface area contributed by atoms with Gasteiger partial charge in [-0.15, -0.1) is 0 Å². The number of hydrogen-bond acceptors (Lipinski definition) is 4. The number of rotatable bonds is 5. The fourth-order valence-corrected chi connectivity index (χ4v) is 2.93. The number of nitrogens with zero attached hydrogens (tertiary/aromatic N) is 1. The largest absolute Gasteiger partial charge is 0.341 e. The topological polar surface area (TPSA) is 74.8 Å². The van der Waals surface area contributed by atoms with Crippen LogP contribution in [0.3, 0.4) is 0 Å². The SMILES string of the molecule is CC(CS(C)(=O)=O)NCc1nc2ccc(F)cc2[nH]1. The van der Waals surface area contributed by atoms with Gasteiger partial charge in [0.2, 0.25) is 0 Å². The number of aromatic nitrogens is 2. The Morgan fingerprint density at radius 2 is 2.21 bits per heavy atom. The van der Waals surface area contributed by atoms with E-state index in [9.17, 15) is 12.8 Å². The van der Waals surface area contributed by atoms with Crippen LogP contribution in [0.2, 0.25) is 0 Å². The van der Waals surface area contributed by atoms with Gasteiger partial charge in [0.1, 0.15) is 21.5 Å². The fourth-order valence-electron chi connectivity index (χ4n) is 1.90. The first kappa shape index (κ1) is 14.0. The zero-order valence-electron chi connectivity index (χ0n) is 10.8. The number of nitrogens with one attached hydrogen (secondary N) is 2. The summed E-state index contributed by atoms with van der Waals surface area (Å²) < 4.78 is 35.3. The number of aromatic amines is 1. The molecule has 1 unspecified atom stereocenters. The summed E-state index contributed by atoms with van der Waals surface area (Å²) in [5.74, 6) is 0.407. The number of sulfone groups is 1. The van der Waals surface area contributed by atoms with Gasteiger partial charge >= 0.3 is 0 Å². The molecular formula is C12H16FN3O2S. The first-order valence-electron chi connectivity index (χ1n) is 5.89. The molecule has 2 N–H and O–H groups in total. The van der Waals surface area contributed by atoms with E-state index in [4.69, 9.17) is 0 Å². The Bertz CT molecular complexity index is 681. The molecule has 0 fully saturated rings. The molecule has 0 amide bonds. The van der Waals surface area contributed by atoms with Crippen molar-refractivity contribution in [3.8, 4) is 0 Å². The molecule has 1 heterocycles. The third-order valence-electron chi connectivity index (χ3n) is 2.66. The van der Waals surface area contributed by atoms with Gasteiger partial charge in [-0.2, -0.15) is 0 Å². The summed E-state index contributed by atoms with van der Waals surface area (Å²) in [6, 6.07) is 4.17. The molecule has 104 valence electrons.